The fourth-order valence-electron chi connectivity index (χ4n) is 3.82. The summed E-state index contributed by atoms with van der Waals surface area (Å²) >= 11 is 0. The summed E-state index contributed by atoms with van der Waals surface area (Å²) in [7, 11) is 0.535. The van der Waals surface area contributed by atoms with Crippen LogP contribution in [0.4, 0.5) is 0 Å². The Morgan fingerprint density at radius 1 is 0.750 bits per heavy atom. The molecule has 144 valence electrons. The van der Waals surface area contributed by atoms with Crippen LogP contribution in [0.25, 0.3) is 0 Å². The third-order valence-electron chi connectivity index (χ3n) is 5.69. The van der Waals surface area contributed by atoms with Crippen LogP contribution in [0.3, 0.4) is 0 Å². The number of hydrogen-bond donors (Lipinski definition) is 0. The maximum absolute atomic E-state index is 11.5. The van der Waals surface area contributed by atoms with Gasteiger partial charge < -0.3 is 4.43 Å². The quantitative estimate of drug-likeness (QED) is 0.232. The van der Waals surface area contributed by atoms with Crippen molar-refractivity contribution in [1.82, 2.24) is 0 Å². The molecule has 0 aromatic rings. The molecule has 0 aliphatic rings. The van der Waals surface area contributed by atoms with Crippen molar-refractivity contribution in [2.45, 2.75) is 124 Å². The minimum Gasteiger partial charge on any atom is -0.529 e. The van der Waals surface area contributed by atoms with Crippen LogP contribution in [0.15, 0.2) is 0 Å². The summed E-state index contributed by atoms with van der Waals surface area (Å²) in [4.78, 5) is 11.5. The Bertz CT molecular complexity index is 278. The van der Waals surface area contributed by atoms with E-state index in [0.29, 0.717) is 22.3 Å². The molecular formula is C21H44O2Si. The van der Waals surface area contributed by atoms with E-state index in [1.54, 1.807) is 0 Å². The van der Waals surface area contributed by atoms with Crippen molar-refractivity contribution in [3.8, 4) is 0 Å². The zero-order valence-electron chi connectivity index (χ0n) is 17.1. The lowest BCUT2D eigenvalue weighted by Crippen LogP contribution is -2.21. The van der Waals surface area contributed by atoms with Crippen molar-refractivity contribution < 1.29 is 9.22 Å². The first-order valence-corrected chi connectivity index (χ1v) is 11.5. The maximum Gasteiger partial charge on any atom is 0.291 e. The first-order valence-electron chi connectivity index (χ1n) is 10.7. The Hall–Kier alpha value is -0.313. The summed E-state index contributed by atoms with van der Waals surface area (Å²) in [5.41, 5.74) is 0.476. The molecule has 0 saturated carbocycles. The van der Waals surface area contributed by atoms with Crippen molar-refractivity contribution in [3.05, 3.63) is 0 Å². The van der Waals surface area contributed by atoms with Crippen LogP contribution in [0.1, 0.15) is 124 Å². The zero-order chi connectivity index (χ0) is 18.1. The molecule has 0 unspecified atom stereocenters. The maximum atomic E-state index is 11.5. The molecule has 0 aliphatic carbocycles. The van der Waals surface area contributed by atoms with Gasteiger partial charge in [-0.15, -0.1) is 0 Å². The molecule has 0 fully saturated rings. The van der Waals surface area contributed by atoms with E-state index in [1.165, 1.54) is 89.9 Å². The molecule has 24 heavy (non-hydrogen) atoms. The standard InChI is InChI=1S/C21H44O2Si/c1-4-7-9-11-13-17-21(6-3,18-14-12-10-8-5-2)19-15-16-20(22)23-24/h4-19H2,1-3,24H3. The van der Waals surface area contributed by atoms with Crippen molar-refractivity contribution >= 4 is 16.5 Å². The summed E-state index contributed by atoms with van der Waals surface area (Å²) in [6, 6.07) is 0. The minimum absolute atomic E-state index is 0.0116. The van der Waals surface area contributed by atoms with Gasteiger partial charge in [0.2, 0.25) is 10.5 Å². The monoisotopic (exact) mass is 356 g/mol. The third kappa shape index (κ3) is 12.1. The van der Waals surface area contributed by atoms with Crippen LogP contribution in [-0.4, -0.2) is 16.5 Å². The molecule has 0 atom stereocenters. The average molecular weight is 357 g/mol. The molecule has 0 aromatic carbocycles. The van der Waals surface area contributed by atoms with E-state index in [0.717, 1.165) is 6.42 Å². The van der Waals surface area contributed by atoms with Crippen LogP contribution in [0.5, 0.6) is 0 Å². The molecule has 0 spiro atoms. The van der Waals surface area contributed by atoms with Gasteiger partial charge >= 0.3 is 0 Å². The van der Waals surface area contributed by atoms with E-state index in [4.69, 9.17) is 4.43 Å². The van der Waals surface area contributed by atoms with Crippen LogP contribution in [-0.2, 0) is 9.22 Å². The van der Waals surface area contributed by atoms with Crippen LogP contribution in [0.2, 0.25) is 0 Å². The Labute approximate surface area is 155 Å². The highest BCUT2D eigenvalue weighted by molar-refractivity contribution is 6.05. The van der Waals surface area contributed by atoms with Crippen molar-refractivity contribution in [2.75, 3.05) is 0 Å². The zero-order valence-corrected chi connectivity index (χ0v) is 19.1. The first kappa shape index (κ1) is 23.7. The lowest BCUT2D eigenvalue weighted by Gasteiger charge is -2.33. The summed E-state index contributed by atoms with van der Waals surface area (Å²) in [6.45, 7) is 6.92. The normalized spacial score (nSPS) is 11.8. The SMILES string of the molecule is CCCCCCCC(CC)(CCCCCCC)CCCC(=O)O[SiH3]. The fourth-order valence-corrected chi connectivity index (χ4v) is 4.03. The van der Waals surface area contributed by atoms with Crippen molar-refractivity contribution in [2.24, 2.45) is 5.41 Å². The fraction of sp³-hybridized carbons (Fsp3) is 0.952. The number of rotatable bonds is 17. The van der Waals surface area contributed by atoms with Gasteiger partial charge in [-0.05, 0) is 31.1 Å². The smallest absolute Gasteiger partial charge is 0.291 e. The van der Waals surface area contributed by atoms with Crippen LogP contribution >= 0.6 is 0 Å². The van der Waals surface area contributed by atoms with Crippen LogP contribution in [0, 0.1) is 5.41 Å². The Morgan fingerprint density at radius 3 is 1.62 bits per heavy atom. The highest BCUT2D eigenvalue weighted by Gasteiger charge is 2.27. The predicted molar refractivity (Wildman–Crippen MR) is 109 cm³/mol. The first-order chi connectivity index (χ1) is 11.6. The van der Waals surface area contributed by atoms with E-state index in [2.05, 4.69) is 20.8 Å². The molecule has 0 aromatic heterocycles. The van der Waals surface area contributed by atoms with Crippen LogP contribution < -0.4 is 0 Å². The van der Waals surface area contributed by atoms with Gasteiger partial charge in [-0.2, -0.15) is 0 Å². The topological polar surface area (TPSA) is 26.3 Å². The summed E-state index contributed by atoms with van der Waals surface area (Å²) < 4.78 is 4.95. The number of hydrogen-bond acceptors (Lipinski definition) is 2. The second-order valence-electron chi connectivity index (χ2n) is 7.61. The Balaban J connectivity index is 4.35. The average Bonchev–Trinajstić information content (AvgIpc) is 2.60. The van der Waals surface area contributed by atoms with E-state index >= 15 is 0 Å². The molecule has 0 saturated heterocycles. The highest BCUT2D eigenvalue weighted by atomic mass is 28.2. The molecule has 0 N–H and O–H groups in total. The molecule has 3 heteroatoms. The second kappa shape index (κ2) is 16.2. The largest absolute Gasteiger partial charge is 0.529 e. The lowest BCUT2D eigenvalue weighted by molar-refractivity contribution is -0.134. The molecular weight excluding hydrogens is 312 g/mol. The van der Waals surface area contributed by atoms with Gasteiger partial charge in [-0.1, -0.05) is 91.4 Å². The molecule has 0 radical (unpaired) electrons. The number of carbonyl (C=O) groups is 1. The summed E-state index contributed by atoms with van der Waals surface area (Å²) in [5.74, 6) is 0.0116. The molecule has 0 bridgehead atoms. The summed E-state index contributed by atoms with van der Waals surface area (Å²) in [6.07, 6.45) is 20.5. The molecule has 0 amide bonds. The Kier molecular flexibility index (Phi) is 16.0. The lowest BCUT2D eigenvalue weighted by atomic mass is 9.72. The Morgan fingerprint density at radius 2 is 1.21 bits per heavy atom. The molecule has 2 nitrogen and oxygen atoms in total. The van der Waals surface area contributed by atoms with E-state index in [9.17, 15) is 4.79 Å². The second-order valence-corrected chi connectivity index (χ2v) is 8.02. The van der Waals surface area contributed by atoms with Gasteiger partial charge in [0.25, 0.3) is 5.97 Å². The number of carbonyl (C=O) groups excluding carboxylic acids is 1. The molecule has 0 rings (SSSR count). The number of unbranched alkanes of at least 4 members (excludes halogenated alkanes) is 8. The van der Waals surface area contributed by atoms with E-state index < -0.39 is 0 Å². The molecule has 0 aliphatic heterocycles. The van der Waals surface area contributed by atoms with Gasteiger partial charge in [-0.25, -0.2) is 0 Å². The highest BCUT2D eigenvalue weighted by Crippen LogP contribution is 2.40. The van der Waals surface area contributed by atoms with E-state index in [1.807, 2.05) is 0 Å². The third-order valence-corrected chi connectivity index (χ3v) is 6.14. The van der Waals surface area contributed by atoms with Gasteiger partial charge in [-0.3, -0.25) is 4.79 Å². The van der Waals surface area contributed by atoms with Gasteiger partial charge in [0, 0.05) is 6.42 Å². The van der Waals surface area contributed by atoms with E-state index in [-0.39, 0.29) is 5.97 Å². The van der Waals surface area contributed by atoms with Gasteiger partial charge in [0.05, 0.1) is 0 Å². The molecule has 0 heterocycles. The van der Waals surface area contributed by atoms with Gasteiger partial charge in [0.15, 0.2) is 0 Å². The van der Waals surface area contributed by atoms with Gasteiger partial charge in [0.1, 0.15) is 0 Å². The van der Waals surface area contributed by atoms with Crippen molar-refractivity contribution in [3.63, 3.8) is 0 Å². The predicted octanol–water partition coefficient (Wildman–Crippen LogP) is 6.10. The van der Waals surface area contributed by atoms with Crippen molar-refractivity contribution in [1.29, 1.82) is 0 Å². The minimum atomic E-state index is 0.0116. The summed E-state index contributed by atoms with van der Waals surface area (Å²) in [5, 5.41) is 0.